The zero-order chi connectivity index (χ0) is 19.0. The van der Waals surface area contributed by atoms with Crippen molar-refractivity contribution in [2.45, 2.75) is 59.0 Å². The number of aliphatic carboxylic acids is 2. The van der Waals surface area contributed by atoms with Crippen molar-refractivity contribution < 1.29 is 19.8 Å². The molecule has 0 spiro atoms. The van der Waals surface area contributed by atoms with E-state index in [1.54, 1.807) is 27.7 Å². The Labute approximate surface area is 148 Å². The Hall–Kier alpha value is -2.52. The van der Waals surface area contributed by atoms with E-state index in [0.29, 0.717) is 0 Å². The summed E-state index contributed by atoms with van der Waals surface area (Å²) in [5.41, 5.74) is 9.80. The number of carbonyl (C=O) groups is 2. The quantitative estimate of drug-likeness (QED) is 0.260. The van der Waals surface area contributed by atoms with Crippen molar-refractivity contribution in [3.8, 4) is 0 Å². The molecule has 10 heteroatoms. The summed E-state index contributed by atoms with van der Waals surface area (Å²) in [5.74, 6) is -1.61. The number of amidine groups is 2. The van der Waals surface area contributed by atoms with E-state index in [1.807, 2.05) is 0 Å². The summed E-state index contributed by atoms with van der Waals surface area (Å²) in [6, 6.07) is 0. The Morgan fingerprint density at radius 2 is 1.08 bits per heavy atom. The SMILES string of the molecule is C.CC(C)(N=NC(C)(C)C(N)=NCCC(=O)O)C(N)=NCCC(=O)O. The number of nitrogens with two attached hydrogens (primary N) is 2. The standard InChI is InChI=1S/C14H26N6O4.CH4/c1-13(2,11(15)17-7-5-9(21)22)19-20-14(3,4)12(16)18-8-6-10(23)24;/h5-8H2,1-4H3,(H2,15,17)(H2,16,18)(H,21,22)(H,23,24);1H4. The lowest BCUT2D eigenvalue weighted by Gasteiger charge is -2.22. The molecule has 144 valence electrons. The van der Waals surface area contributed by atoms with Crippen LogP contribution < -0.4 is 11.5 Å². The molecule has 0 atom stereocenters. The van der Waals surface area contributed by atoms with Crippen LogP contribution in [0.3, 0.4) is 0 Å². The maximum absolute atomic E-state index is 10.5. The van der Waals surface area contributed by atoms with E-state index in [4.69, 9.17) is 21.7 Å². The lowest BCUT2D eigenvalue weighted by atomic mass is 10.0. The Morgan fingerprint density at radius 3 is 1.32 bits per heavy atom. The van der Waals surface area contributed by atoms with E-state index in [-0.39, 0.29) is 45.0 Å². The number of carboxylic acids is 2. The molecule has 0 rings (SSSR count). The molecule has 0 saturated carbocycles. The normalized spacial score (nSPS) is 13.6. The largest absolute Gasteiger partial charge is 0.481 e. The van der Waals surface area contributed by atoms with Crippen LogP contribution in [-0.2, 0) is 9.59 Å². The van der Waals surface area contributed by atoms with Gasteiger partial charge in [-0.1, -0.05) is 7.43 Å². The highest BCUT2D eigenvalue weighted by molar-refractivity contribution is 5.90. The molecule has 10 nitrogen and oxygen atoms in total. The van der Waals surface area contributed by atoms with Crippen molar-refractivity contribution in [2.75, 3.05) is 13.1 Å². The molecule has 0 bridgehead atoms. The molecule has 0 aromatic carbocycles. The number of hydrogen-bond acceptors (Lipinski definition) is 6. The highest BCUT2D eigenvalue weighted by Gasteiger charge is 2.27. The predicted octanol–water partition coefficient (Wildman–Crippen LogP) is 1.30. The van der Waals surface area contributed by atoms with Gasteiger partial charge in [-0.25, -0.2) is 0 Å². The number of carboxylic acid groups (broad SMARTS) is 2. The van der Waals surface area contributed by atoms with Crippen molar-refractivity contribution >= 4 is 23.6 Å². The van der Waals surface area contributed by atoms with Gasteiger partial charge in [0.2, 0.25) is 0 Å². The summed E-state index contributed by atoms with van der Waals surface area (Å²) >= 11 is 0. The topological polar surface area (TPSA) is 176 Å². The highest BCUT2D eigenvalue weighted by atomic mass is 16.4. The fraction of sp³-hybridized carbons (Fsp3) is 0.733. The van der Waals surface area contributed by atoms with Crippen LogP contribution in [0.2, 0.25) is 0 Å². The number of azo groups is 1. The second-order valence-electron chi connectivity index (χ2n) is 6.14. The van der Waals surface area contributed by atoms with Crippen LogP contribution in [0.1, 0.15) is 48.0 Å². The second-order valence-corrected chi connectivity index (χ2v) is 6.14. The van der Waals surface area contributed by atoms with E-state index in [1.165, 1.54) is 0 Å². The minimum Gasteiger partial charge on any atom is -0.481 e. The van der Waals surface area contributed by atoms with Gasteiger partial charge in [0, 0.05) is 0 Å². The lowest BCUT2D eigenvalue weighted by molar-refractivity contribution is -0.137. The molecule has 0 aliphatic heterocycles. The minimum atomic E-state index is -0.961. The van der Waals surface area contributed by atoms with Gasteiger partial charge in [-0.15, -0.1) is 0 Å². The molecule has 0 aromatic rings. The lowest BCUT2D eigenvalue weighted by Crippen LogP contribution is -2.40. The van der Waals surface area contributed by atoms with E-state index >= 15 is 0 Å². The third kappa shape index (κ3) is 10.0. The fourth-order valence-electron chi connectivity index (χ4n) is 1.28. The third-order valence-electron chi connectivity index (χ3n) is 3.02. The van der Waals surface area contributed by atoms with Crippen LogP contribution in [0.4, 0.5) is 0 Å². The zero-order valence-corrected chi connectivity index (χ0v) is 14.5. The van der Waals surface area contributed by atoms with Crippen LogP contribution in [0.25, 0.3) is 0 Å². The highest BCUT2D eigenvalue weighted by Crippen LogP contribution is 2.16. The average molecular weight is 358 g/mol. The molecule has 0 aliphatic carbocycles. The first-order chi connectivity index (χ1) is 10.9. The molecular formula is C15H30N6O4. The van der Waals surface area contributed by atoms with Crippen LogP contribution in [0, 0.1) is 0 Å². The Kier molecular flexibility index (Phi) is 10.3. The van der Waals surface area contributed by atoms with E-state index in [2.05, 4.69) is 20.2 Å². The zero-order valence-electron chi connectivity index (χ0n) is 14.5. The van der Waals surface area contributed by atoms with E-state index < -0.39 is 23.0 Å². The fourth-order valence-corrected chi connectivity index (χ4v) is 1.28. The maximum atomic E-state index is 10.5. The number of rotatable bonds is 10. The smallest absolute Gasteiger partial charge is 0.305 e. The third-order valence-corrected chi connectivity index (χ3v) is 3.02. The van der Waals surface area contributed by atoms with Crippen LogP contribution in [0.15, 0.2) is 20.2 Å². The van der Waals surface area contributed by atoms with Gasteiger partial charge in [0.1, 0.15) is 22.7 Å². The molecule has 0 aliphatic rings. The van der Waals surface area contributed by atoms with Crippen molar-refractivity contribution in [3.63, 3.8) is 0 Å². The molecule has 0 heterocycles. The van der Waals surface area contributed by atoms with Gasteiger partial charge in [0.05, 0.1) is 25.9 Å². The van der Waals surface area contributed by atoms with Crippen LogP contribution >= 0.6 is 0 Å². The van der Waals surface area contributed by atoms with E-state index in [0.717, 1.165) is 0 Å². The number of hydrogen-bond donors (Lipinski definition) is 4. The maximum Gasteiger partial charge on any atom is 0.305 e. The van der Waals surface area contributed by atoms with Gasteiger partial charge in [0.25, 0.3) is 0 Å². The molecule has 0 saturated heterocycles. The molecule has 0 aromatic heterocycles. The molecule has 25 heavy (non-hydrogen) atoms. The summed E-state index contributed by atoms with van der Waals surface area (Å²) in [5, 5.41) is 25.4. The molecule has 0 radical (unpaired) electrons. The van der Waals surface area contributed by atoms with Crippen molar-refractivity contribution in [2.24, 2.45) is 31.7 Å². The number of nitrogens with zero attached hydrogens (tertiary/aromatic N) is 4. The first-order valence-corrected chi connectivity index (χ1v) is 7.37. The molecule has 6 N–H and O–H groups in total. The van der Waals surface area contributed by atoms with E-state index in [9.17, 15) is 9.59 Å². The first kappa shape index (κ1) is 24.7. The van der Waals surface area contributed by atoms with Crippen molar-refractivity contribution in [1.82, 2.24) is 0 Å². The van der Waals surface area contributed by atoms with Gasteiger partial charge >= 0.3 is 11.9 Å². The van der Waals surface area contributed by atoms with Gasteiger partial charge < -0.3 is 21.7 Å². The number of aliphatic imine (C=N–C) groups is 2. The summed E-state index contributed by atoms with van der Waals surface area (Å²) < 4.78 is 0. The summed E-state index contributed by atoms with van der Waals surface area (Å²) in [6.07, 6.45) is -0.245. The molecule has 0 unspecified atom stereocenters. The monoisotopic (exact) mass is 358 g/mol. The molecule has 0 fully saturated rings. The van der Waals surface area contributed by atoms with Gasteiger partial charge in [0.15, 0.2) is 0 Å². The summed E-state index contributed by atoms with van der Waals surface area (Å²) in [6.45, 7) is 6.85. The van der Waals surface area contributed by atoms with Gasteiger partial charge in [-0.2, -0.15) is 10.2 Å². The van der Waals surface area contributed by atoms with Crippen molar-refractivity contribution in [1.29, 1.82) is 0 Å². The summed E-state index contributed by atoms with van der Waals surface area (Å²) in [7, 11) is 0. The average Bonchev–Trinajstić information content (AvgIpc) is 2.44. The Bertz CT molecular complexity index is 504. The molecule has 0 amide bonds. The minimum absolute atomic E-state index is 0. The van der Waals surface area contributed by atoms with Crippen molar-refractivity contribution in [3.05, 3.63) is 0 Å². The van der Waals surface area contributed by atoms with Gasteiger partial charge in [-0.3, -0.25) is 19.6 Å². The predicted molar refractivity (Wildman–Crippen MR) is 97.2 cm³/mol. The second kappa shape index (κ2) is 10.4. The first-order valence-electron chi connectivity index (χ1n) is 7.37. The van der Waals surface area contributed by atoms with Crippen LogP contribution in [0.5, 0.6) is 0 Å². The van der Waals surface area contributed by atoms with Crippen LogP contribution in [-0.4, -0.2) is 58.0 Å². The Morgan fingerprint density at radius 1 is 0.800 bits per heavy atom. The summed E-state index contributed by atoms with van der Waals surface area (Å²) in [4.78, 5) is 28.9. The van der Waals surface area contributed by atoms with Gasteiger partial charge in [-0.05, 0) is 27.7 Å². The molecular weight excluding hydrogens is 328 g/mol. The Balaban J connectivity index is 0.